The van der Waals surface area contributed by atoms with Gasteiger partial charge in [-0.2, -0.15) is 0 Å². The molecule has 3 N–H and O–H groups in total. The van der Waals surface area contributed by atoms with Gasteiger partial charge in [0.1, 0.15) is 19.3 Å². The number of carbonyl (C=O) groups is 4. The third-order valence-corrected chi connectivity index (χ3v) is 15.4. The highest BCUT2D eigenvalue weighted by molar-refractivity contribution is 7.47. The second-order valence-electron chi connectivity index (χ2n) is 22.2. The van der Waals surface area contributed by atoms with E-state index >= 15 is 0 Å². The highest BCUT2D eigenvalue weighted by Gasteiger charge is 2.30. The van der Waals surface area contributed by atoms with Gasteiger partial charge in [0.2, 0.25) is 0 Å². The number of hydrogen-bond donors (Lipinski definition) is 3. The smallest absolute Gasteiger partial charge is 0.462 e. The number of unbranched alkanes of at least 4 members (excludes halogenated alkanes) is 23. The highest BCUT2D eigenvalue weighted by atomic mass is 31.2. The minimum atomic E-state index is -4.94. The first-order chi connectivity index (χ1) is 36.8. The number of aliphatic hydroxyl groups is 1. The monoisotopic (exact) mass is 1140 g/mol. The predicted octanol–water partition coefficient (Wildman–Crippen LogP) is 15.2. The van der Waals surface area contributed by atoms with Crippen LogP contribution in [0, 0.1) is 17.8 Å². The number of ether oxygens (including phenoxy) is 4. The Bertz CT molecular complexity index is 1550. The van der Waals surface area contributed by atoms with Crippen molar-refractivity contribution < 1.29 is 80.2 Å². The van der Waals surface area contributed by atoms with Crippen LogP contribution in [0.4, 0.5) is 0 Å². The number of rotatable bonds is 56. The molecule has 0 amide bonds. The molecule has 0 aliphatic heterocycles. The number of carbonyl (C=O) groups excluding carboxylic acids is 4. The van der Waals surface area contributed by atoms with E-state index in [4.69, 9.17) is 37.0 Å². The third kappa shape index (κ3) is 51.9. The molecule has 0 aromatic heterocycles. The van der Waals surface area contributed by atoms with Gasteiger partial charge in [-0.15, -0.1) is 0 Å². The van der Waals surface area contributed by atoms with Crippen molar-refractivity contribution >= 4 is 39.5 Å². The summed E-state index contributed by atoms with van der Waals surface area (Å²) >= 11 is 0. The molecule has 456 valence electrons. The number of aliphatic hydroxyl groups excluding tert-OH is 1. The Morgan fingerprint density at radius 2 is 0.662 bits per heavy atom. The van der Waals surface area contributed by atoms with Crippen LogP contribution >= 0.6 is 15.6 Å². The predicted molar refractivity (Wildman–Crippen MR) is 303 cm³/mol. The van der Waals surface area contributed by atoms with Crippen LogP contribution in [0.15, 0.2) is 0 Å². The van der Waals surface area contributed by atoms with Gasteiger partial charge in [-0.1, -0.05) is 222 Å². The van der Waals surface area contributed by atoms with Gasteiger partial charge in [0.15, 0.2) is 12.2 Å². The quantitative estimate of drug-likeness (QED) is 0.0222. The summed E-state index contributed by atoms with van der Waals surface area (Å²) in [5.74, 6) is -0.0361. The minimum absolute atomic E-state index is 0.101. The van der Waals surface area contributed by atoms with Crippen molar-refractivity contribution in [1.82, 2.24) is 0 Å². The van der Waals surface area contributed by atoms with Gasteiger partial charge in [-0.05, 0) is 43.4 Å². The molecule has 0 rings (SSSR count). The van der Waals surface area contributed by atoms with Crippen LogP contribution in [-0.2, 0) is 65.4 Å². The Hall–Kier alpha value is -1.94. The maximum Gasteiger partial charge on any atom is 0.472 e. The molecule has 0 aromatic carbocycles. The molecule has 0 saturated heterocycles. The second kappa shape index (κ2) is 49.8. The Morgan fingerprint density at radius 3 is 0.987 bits per heavy atom. The normalized spacial score (nSPS) is 14.9. The van der Waals surface area contributed by atoms with Gasteiger partial charge in [0.05, 0.1) is 26.4 Å². The lowest BCUT2D eigenvalue weighted by Gasteiger charge is -2.21. The van der Waals surface area contributed by atoms with Gasteiger partial charge in [0, 0.05) is 25.7 Å². The van der Waals surface area contributed by atoms with Crippen molar-refractivity contribution in [3.8, 4) is 0 Å². The van der Waals surface area contributed by atoms with Crippen molar-refractivity contribution in [1.29, 1.82) is 0 Å². The average Bonchev–Trinajstić information content (AvgIpc) is 3.38. The van der Waals surface area contributed by atoms with E-state index in [1.807, 2.05) is 0 Å². The lowest BCUT2D eigenvalue weighted by atomic mass is 10.00. The van der Waals surface area contributed by atoms with E-state index in [9.17, 15) is 43.2 Å². The average molecular weight is 1140 g/mol. The molecule has 0 heterocycles. The number of hydrogen-bond acceptors (Lipinski definition) is 15. The molecule has 0 saturated carbocycles. The largest absolute Gasteiger partial charge is 0.472 e. The summed E-state index contributed by atoms with van der Waals surface area (Å²) < 4.78 is 67.6. The van der Waals surface area contributed by atoms with Crippen LogP contribution in [0.3, 0.4) is 0 Å². The zero-order chi connectivity index (χ0) is 57.4. The van der Waals surface area contributed by atoms with Crippen LogP contribution in [0.2, 0.25) is 0 Å². The lowest BCUT2D eigenvalue weighted by molar-refractivity contribution is -0.161. The van der Waals surface area contributed by atoms with Crippen molar-refractivity contribution in [3.63, 3.8) is 0 Å². The summed E-state index contributed by atoms with van der Waals surface area (Å²) in [6.07, 6.45) is 28.3. The second-order valence-corrected chi connectivity index (χ2v) is 25.1. The van der Waals surface area contributed by atoms with E-state index in [0.717, 1.165) is 121 Å². The molecule has 17 nitrogen and oxygen atoms in total. The molecule has 0 aliphatic carbocycles. The molecule has 0 radical (unpaired) electrons. The van der Waals surface area contributed by atoms with Crippen molar-refractivity contribution in [2.75, 3.05) is 39.6 Å². The number of phosphoric acid groups is 2. The van der Waals surface area contributed by atoms with Gasteiger partial charge in [0.25, 0.3) is 0 Å². The first kappa shape index (κ1) is 75.1. The van der Waals surface area contributed by atoms with Crippen LogP contribution in [-0.4, -0.2) is 96.7 Å². The molecular formula is C58H112O17P2. The molecule has 3 unspecified atom stereocenters. The molecule has 19 heteroatoms. The summed E-state index contributed by atoms with van der Waals surface area (Å²) in [5.41, 5.74) is 0. The van der Waals surface area contributed by atoms with Gasteiger partial charge in [-0.25, -0.2) is 9.13 Å². The summed E-state index contributed by atoms with van der Waals surface area (Å²) in [6.45, 7) is 11.5. The molecule has 0 bridgehead atoms. The number of esters is 4. The Morgan fingerprint density at radius 1 is 0.377 bits per heavy atom. The van der Waals surface area contributed by atoms with Crippen molar-refractivity contribution in [3.05, 3.63) is 0 Å². The minimum Gasteiger partial charge on any atom is -0.462 e. The molecule has 6 atom stereocenters. The van der Waals surface area contributed by atoms with Gasteiger partial charge < -0.3 is 33.8 Å². The molecule has 77 heavy (non-hydrogen) atoms. The molecule has 0 aliphatic rings. The fourth-order valence-corrected chi connectivity index (χ4v) is 9.97. The van der Waals surface area contributed by atoms with E-state index in [2.05, 4.69) is 48.5 Å². The van der Waals surface area contributed by atoms with E-state index in [1.165, 1.54) is 64.2 Å². The van der Waals surface area contributed by atoms with Crippen LogP contribution < -0.4 is 0 Å². The molecule has 0 spiro atoms. The SMILES string of the molecule is CCCCCCCCCC(=O)OC[C@H](COP(=O)(O)OC[C@H](O)COP(=O)(O)OC[C@@H](COC(=O)CCCCCCCCC(C)CC)OC(=O)CCCCCCCCCCC(C)C)OC(=O)CCCCCCCCC(C)C. The first-order valence-corrected chi connectivity index (χ1v) is 33.4. The Labute approximate surface area is 467 Å². The Kier molecular flexibility index (Phi) is 48.6. The standard InChI is InChI=1S/C58H112O17P2/c1-8-10-11-12-15-25-32-39-55(60)68-45-54(75-58(63)42-35-28-20-18-23-30-37-50(5)6)48-73-77(66,67)71-44-52(59)43-70-76(64,65)72-47-53(46-69-56(61)40-33-26-21-19-24-31-38-51(7)9-2)74-57(62)41-34-27-17-14-13-16-22-29-36-49(3)4/h49-54,59H,8-48H2,1-7H3,(H,64,65)(H,66,67)/t51?,52-,53-,54-/m1/s1. The van der Waals surface area contributed by atoms with E-state index in [-0.39, 0.29) is 25.7 Å². The van der Waals surface area contributed by atoms with Crippen LogP contribution in [0.25, 0.3) is 0 Å². The number of phosphoric ester groups is 2. The Balaban J connectivity index is 5.23. The van der Waals surface area contributed by atoms with E-state index in [0.29, 0.717) is 31.6 Å². The first-order valence-electron chi connectivity index (χ1n) is 30.4. The van der Waals surface area contributed by atoms with E-state index in [1.54, 1.807) is 0 Å². The topological polar surface area (TPSA) is 237 Å². The lowest BCUT2D eigenvalue weighted by Crippen LogP contribution is -2.30. The summed E-state index contributed by atoms with van der Waals surface area (Å²) in [4.78, 5) is 71.7. The van der Waals surface area contributed by atoms with Crippen LogP contribution in [0.1, 0.15) is 273 Å². The highest BCUT2D eigenvalue weighted by Crippen LogP contribution is 2.45. The molecule has 0 aromatic rings. The molecular weight excluding hydrogens is 1030 g/mol. The molecule has 0 fully saturated rings. The zero-order valence-electron chi connectivity index (χ0n) is 49.4. The summed E-state index contributed by atoms with van der Waals surface area (Å²) in [6, 6.07) is 0. The summed E-state index contributed by atoms with van der Waals surface area (Å²) in [5, 5.41) is 10.5. The van der Waals surface area contributed by atoms with E-state index < -0.39 is 97.5 Å². The maximum absolute atomic E-state index is 12.9. The fourth-order valence-electron chi connectivity index (χ4n) is 8.39. The van der Waals surface area contributed by atoms with Crippen molar-refractivity contribution in [2.24, 2.45) is 17.8 Å². The third-order valence-electron chi connectivity index (χ3n) is 13.5. The maximum atomic E-state index is 12.9. The zero-order valence-corrected chi connectivity index (χ0v) is 51.2. The fraction of sp³-hybridized carbons (Fsp3) is 0.931. The van der Waals surface area contributed by atoms with Crippen molar-refractivity contribution in [2.45, 2.75) is 292 Å². The van der Waals surface area contributed by atoms with Gasteiger partial charge in [-0.3, -0.25) is 37.3 Å². The van der Waals surface area contributed by atoms with Gasteiger partial charge >= 0.3 is 39.5 Å². The summed E-state index contributed by atoms with van der Waals surface area (Å²) in [7, 11) is -9.87. The van der Waals surface area contributed by atoms with Crippen LogP contribution in [0.5, 0.6) is 0 Å².